The van der Waals surface area contributed by atoms with Gasteiger partial charge in [0.05, 0.1) is 12.7 Å². The fraction of sp³-hybridized carbons (Fsp3) is 0.478. The topological polar surface area (TPSA) is 63.7 Å². The van der Waals surface area contributed by atoms with Gasteiger partial charge in [-0.2, -0.15) is 0 Å². The minimum absolute atomic E-state index is 0.0620. The number of hydrogen-bond acceptors (Lipinski definition) is 5. The molecule has 1 aromatic heterocycles. The van der Waals surface area contributed by atoms with Crippen LogP contribution in [0.25, 0.3) is 0 Å². The molecule has 0 aliphatic carbocycles. The quantitative estimate of drug-likeness (QED) is 0.781. The summed E-state index contributed by atoms with van der Waals surface area (Å²) in [5.41, 5.74) is 3.78. The van der Waals surface area contributed by atoms with E-state index < -0.39 is 0 Å². The SMILES string of the molecule is O=C(COCC1CCCCO1)NCc1cccnc1N1CCc2ccccc2C1. The Morgan fingerprint density at radius 3 is 2.97 bits per heavy atom. The normalized spacial score (nSPS) is 18.9. The molecule has 2 aliphatic heterocycles. The Kier molecular flexibility index (Phi) is 6.75. The van der Waals surface area contributed by atoms with E-state index in [9.17, 15) is 4.79 Å². The third kappa shape index (κ3) is 5.34. The summed E-state index contributed by atoms with van der Waals surface area (Å²) in [6.07, 6.45) is 6.25. The standard InChI is InChI=1S/C23H29N3O3/c27-22(17-28-16-21-9-3-4-13-29-21)25-14-19-8-5-11-24-23(19)26-12-10-18-6-1-2-7-20(18)15-26/h1-2,5-8,11,21H,3-4,9-10,12-17H2,(H,25,27). The molecular formula is C23H29N3O3. The van der Waals surface area contributed by atoms with Crippen molar-refractivity contribution in [1.82, 2.24) is 10.3 Å². The maximum absolute atomic E-state index is 12.2. The molecule has 0 bridgehead atoms. The van der Waals surface area contributed by atoms with Crippen LogP contribution in [0.3, 0.4) is 0 Å². The van der Waals surface area contributed by atoms with Crippen LogP contribution < -0.4 is 10.2 Å². The van der Waals surface area contributed by atoms with Crippen LogP contribution in [0.1, 0.15) is 36.0 Å². The lowest BCUT2D eigenvalue weighted by molar-refractivity contribution is -0.128. The minimum atomic E-state index is -0.111. The molecule has 1 aromatic carbocycles. The Hall–Kier alpha value is -2.44. The molecular weight excluding hydrogens is 366 g/mol. The van der Waals surface area contributed by atoms with E-state index >= 15 is 0 Å². The molecule has 1 amide bonds. The third-order valence-electron chi connectivity index (χ3n) is 5.58. The van der Waals surface area contributed by atoms with Crippen molar-refractivity contribution in [2.45, 2.75) is 44.9 Å². The number of carbonyl (C=O) groups excluding carboxylic acids is 1. The Morgan fingerprint density at radius 1 is 1.21 bits per heavy atom. The molecule has 2 aromatic rings. The Balaban J connectivity index is 1.29. The van der Waals surface area contributed by atoms with Crippen molar-refractivity contribution in [2.24, 2.45) is 0 Å². The number of nitrogens with one attached hydrogen (secondary N) is 1. The zero-order chi connectivity index (χ0) is 19.9. The number of pyridine rings is 1. The van der Waals surface area contributed by atoms with Crippen LogP contribution in [0.4, 0.5) is 5.82 Å². The maximum atomic E-state index is 12.2. The predicted molar refractivity (Wildman–Crippen MR) is 112 cm³/mol. The van der Waals surface area contributed by atoms with E-state index in [0.717, 1.165) is 50.3 Å². The van der Waals surface area contributed by atoms with Crippen molar-refractivity contribution in [3.63, 3.8) is 0 Å². The van der Waals surface area contributed by atoms with Crippen LogP contribution in [0.15, 0.2) is 42.6 Å². The van der Waals surface area contributed by atoms with Crippen LogP contribution in [0.5, 0.6) is 0 Å². The van der Waals surface area contributed by atoms with Gasteiger partial charge in [0.2, 0.25) is 5.91 Å². The molecule has 6 nitrogen and oxygen atoms in total. The number of amides is 1. The maximum Gasteiger partial charge on any atom is 0.246 e. The van der Waals surface area contributed by atoms with E-state index in [1.54, 1.807) is 0 Å². The first-order chi connectivity index (χ1) is 14.3. The summed E-state index contributed by atoms with van der Waals surface area (Å²) >= 11 is 0. The van der Waals surface area contributed by atoms with Crippen LogP contribution >= 0.6 is 0 Å². The average Bonchev–Trinajstić information content (AvgIpc) is 2.78. The van der Waals surface area contributed by atoms with Gasteiger partial charge in [0.25, 0.3) is 0 Å². The summed E-state index contributed by atoms with van der Waals surface area (Å²) in [7, 11) is 0. The number of rotatable bonds is 7. The highest BCUT2D eigenvalue weighted by Gasteiger charge is 2.20. The molecule has 1 fully saturated rings. The molecule has 1 saturated heterocycles. The van der Waals surface area contributed by atoms with Gasteiger partial charge in [-0.3, -0.25) is 4.79 Å². The zero-order valence-electron chi connectivity index (χ0n) is 16.8. The van der Waals surface area contributed by atoms with Crippen molar-refractivity contribution < 1.29 is 14.3 Å². The summed E-state index contributed by atoms with van der Waals surface area (Å²) in [5, 5.41) is 2.96. The fourth-order valence-corrected chi connectivity index (χ4v) is 4.00. The van der Waals surface area contributed by atoms with E-state index in [1.807, 2.05) is 18.3 Å². The van der Waals surface area contributed by atoms with Gasteiger partial charge in [0, 0.05) is 38.0 Å². The van der Waals surface area contributed by atoms with Crippen LogP contribution in [-0.2, 0) is 33.8 Å². The van der Waals surface area contributed by atoms with Crippen molar-refractivity contribution in [2.75, 3.05) is 31.3 Å². The highest BCUT2D eigenvalue weighted by molar-refractivity contribution is 5.77. The second-order valence-electron chi connectivity index (χ2n) is 7.71. The Labute approximate surface area is 172 Å². The predicted octanol–water partition coefficient (Wildman–Crippen LogP) is 2.85. The van der Waals surface area contributed by atoms with Crippen molar-refractivity contribution >= 4 is 11.7 Å². The Bertz CT molecular complexity index is 821. The largest absolute Gasteiger partial charge is 0.376 e. The summed E-state index contributed by atoms with van der Waals surface area (Å²) in [6, 6.07) is 12.5. The number of fused-ring (bicyclic) bond motifs is 1. The number of ether oxygens (including phenoxy) is 2. The lowest BCUT2D eigenvalue weighted by atomic mass is 9.99. The molecule has 1 N–H and O–H groups in total. The van der Waals surface area contributed by atoms with Gasteiger partial charge in [-0.15, -0.1) is 0 Å². The van der Waals surface area contributed by atoms with E-state index in [-0.39, 0.29) is 18.6 Å². The number of aromatic nitrogens is 1. The molecule has 0 saturated carbocycles. The number of benzene rings is 1. The molecule has 3 heterocycles. The van der Waals surface area contributed by atoms with E-state index in [4.69, 9.17) is 9.47 Å². The van der Waals surface area contributed by atoms with Crippen LogP contribution in [0.2, 0.25) is 0 Å². The van der Waals surface area contributed by atoms with Gasteiger partial charge in [-0.05, 0) is 42.9 Å². The molecule has 0 spiro atoms. The van der Waals surface area contributed by atoms with Gasteiger partial charge < -0.3 is 19.7 Å². The second-order valence-corrected chi connectivity index (χ2v) is 7.71. The lowest BCUT2D eigenvalue weighted by Gasteiger charge is -2.31. The number of carbonyl (C=O) groups is 1. The number of nitrogens with zero attached hydrogens (tertiary/aromatic N) is 2. The minimum Gasteiger partial charge on any atom is -0.376 e. The summed E-state index contributed by atoms with van der Waals surface area (Å²) in [6.45, 7) is 3.57. The first-order valence-corrected chi connectivity index (χ1v) is 10.5. The third-order valence-corrected chi connectivity index (χ3v) is 5.58. The summed E-state index contributed by atoms with van der Waals surface area (Å²) in [5.74, 6) is 0.832. The van der Waals surface area contributed by atoms with E-state index in [0.29, 0.717) is 13.2 Å². The second kappa shape index (κ2) is 9.85. The van der Waals surface area contributed by atoms with Gasteiger partial charge >= 0.3 is 0 Å². The summed E-state index contributed by atoms with van der Waals surface area (Å²) in [4.78, 5) is 19.1. The molecule has 154 valence electrons. The van der Waals surface area contributed by atoms with Gasteiger partial charge in [0.1, 0.15) is 12.4 Å². The van der Waals surface area contributed by atoms with E-state index in [1.165, 1.54) is 17.5 Å². The van der Waals surface area contributed by atoms with Gasteiger partial charge in [0.15, 0.2) is 0 Å². The molecule has 0 radical (unpaired) electrons. The smallest absolute Gasteiger partial charge is 0.246 e. The molecule has 6 heteroatoms. The highest BCUT2D eigenvalue weighted by Crippen LogP contribution is 2.25. The Morgan fingerprint density at radius 2 is 2.10 bits per heavy atom. The fourth-order valence-electron chi connectivity index (χ4n) is 4.00. The van der Waals surface area contributed by atoms with Gasteiger partial charge in [-0.1, -0.05) is 30.3 Å². The number of hydrogen-bond donors (Lipinski definition) is 1. The van der Waals surface area contributed by atoms with Crippen molar-refractivity contribution in [3.05, 3.63) is 59.3 Å². The van der Waals surface area contributed by atoms with E-state index in [2.05, 4.69) is 39.5 Å². The first-order valence-electron chi connectivity index (χ1n) is 10.5. The first kappa shape index (κ1) is 19.9. The summed E-state index contributed by atoms with van der Waals surface area (Å²) < 4.78 is 11.2. The van der Waals surface area contributed by atoms with Crippen LogP contribution in [0, 0.1) is 0 Å². The van der Waals surface area contributed by atoms with Crippen molar-refractivity contribution in [1.29, 1.82) is 0 Å². The highest BCUT2D eigenvalue weighted by atomic mass is 16.5. The monoisotopic (exact) mass is 395 g/mol. The number of anilines is 1. The average molecular weight is 396 g/mol. The lowest BCUT2D eigenvalue weighted by Crippen LogP contribution is -2.33. The van der Waals surface area contributed by atoms with Gasteiger partial charge in [-0.25, -0.2) is 4.98 Å². The molecule has 1 atom stereocenters. The molecule has 1 unspecified atom stereocenters. The molecule has 29 heavy (non-hydrogen) atoms. The van der Waals surface area contributed by atoms with Crippen molar-refractivity contribution in [3.8, 4) is 0 Å². The molecule has 2 aliphatic rings. The zero-order valence-corrected chi connectivity index (χ0v) is 16.8. The molecule has 4 rings (SSSR count). The van der Waals surface area contributed by atoms with Crippen LogP contribution in [-0.4, -0.2) is 43.4 Å².